The minimum absolute atomic E-state index is 0.176. The molecule has 0 aliphatic rings. The van der Waals surface area contributed by atoms with E-state index >= 15 is 0 Å². The van der Waals surface area contributed by atoms with Crippen LogP contribution in [0.1, 0.15) is 22.8 Å². The number of rotatable bonds is 7. The molecule has 128 valence electrons. The molecule has 0 radical (unpaired) electrons. The molecule has 24 heavy (non-hydrogen) atoms. The van der Waals surface area contributed by atoms with Gasteiger partial charge in [-0.3, -0.25) is 4.79 Å². The Bertz CT molecular complexity index is 715. The lowest BCUT2D eigenvalue weighted by Gasteiger charge is -2.13. The van der Waals surface area contributed by atoms with Gasteiger partial charge in [0.15, 0.2) is 0 Å². The third-order valence-electron chi connectivity index (χ3n) is 3.44. The molecule has 6 heteroatoms. The van der Waals surface area contributed by atoms with E-state index in [0.29, 0.717) is 40.7 Å². The van der Waals surface area contributed by atoms with Crippen LogP contribution in [0.4, 0.5) is 5.69 Å². The number of aliphatic hydroxyl groups excluding tert-OH is 1. The molecule has 6 nitrogen and oxygen atoms in total. The number of ether oxygens (including phenoxy) is 3. The highest BCUT2D eigenvalue weighted by atomic mass is 16.5. The third kappa shape index (κ3) is 3.97. The maximum Gasteiger partial charge on any atom is 0.259 e. The zero-order valence-corrected chi connectivity index (χ0v) is 14.0. The summed E-state index contributed by atoms with van der Waals surface area (Å²) in [5.74, 6) is 1.30. The Morgan fingerprint density at radius 2 is 1.88 bits per heavy atom. The number of hydrogen-bond donors (Lipinski definition) is 2. The van der Waals surface area contributed by atoms with Gasteiger partial charge in [0.25, 0.3) is 5.91 Å². The lowest BCUT2D eigenvalue weighted by Crippen LogP contribution is -2.13. The molecule has 0 saturated carbocycles. The van der Waals surface area contributed by atoms with Gasteiger partial charge in [0.1, 0.15) is 17.2 Å². The van der Waals surface area contributed by atoms with Crippen molar-refractivity contribution in [1.29, 1.82) is 0 Å². The smallest absolute Gasteiger partial charge is 0.259 e. The highest BCUT2D eigenvalue weighted by molar-refractivity contribution is 6.06. The fourth-order valence-corrected chi connectivity index (χ4v) is 2.26. The average Bonchev–Trinajstić information content (AvgIpc) is 2.62. The van der Waals surface area contributed by atoms with Crippen molar-refractivity contribution in [2.75, 3.05) is 26.1 Å². The number of benzene rings is 2. The van der Waals surface area contributed by atoms with E-state index in [1.54, 1.807) is 43.5 Å². The monoisotopic (exact) mass is 331 g/mol. The fourth-order valence-electron chi connectivity index (χ4n) is 2.26. The molecule has 0 atom stereocenters. The average molecular weight is 331 g/mol. The van der Waals surface area contributed by atoms with E-state index in [2.05, 4.69) is 5.32 Å². The van der Waals surface area contributed by atoms with Crippen molar-refractivity contribution in [3.63, 3.8) is 0 Å². The summed E-state index contributed by atoms with van der Waals surface area (Å²) in [7, 11) is 3.04. The van der Waals surface area contributed by atoms with E-state index in [-0.39, 0.29) is 12.5 Å². The van der Waals surface area contributed by atoms with E-state index in [0.717, 1.165) is 0 Å². The van der Waals surface area contributed by atoms with E-state index in [1.807, 2.05) is 6.92 Å². The molecule has 2 aromatic carbocycles. The van der Waals surface area contributed by atoms with Gasteiger partial charge in [-0.05, 0) is 37.3 Å². The Labute approximate surface area is 141 Å². The van der Waals surface area contributed by atoms with Gasteiger partial charge in [-0.2, -0.15) is 0 Å². The summed E-state index contributed by atoms with van der Waals surface area (Å²) in [6, 6.07) is 10.1. The fraction of sp³-hybridized carbons (Fsp3) is 0.278. The summed E-state index contributed by atoms with van der Waals surface area (Å²) in [5, 5.41) is 12.2. The second kappa shape index (κ2) is 8.21. The van der Waals surface area contributed by atoms with E-state index in [9.17, 15) is 9.90 Å². The van der Waals surface area contributed by atoms with Crippen LogP contribution < -0.4 is 19.5 Å². The summed E-state index contributed by atoms with van der Waals surface area (Å²) in [4.78, 5) is 12.5. The van der Waals surface area contributed by atoms with Gasteiger partial charge in [-0.15, -0.1) is 0 Å². The van der Waals surface area contributed by atoms with Crippen molar-refractivity contribution < 1.29 is 24.1 Å². The van der Waals surface area contributed by atoms with Gasteiger partial charge in [0, 0.05) is 17.3 Å². The highest BCUT2D eigenvalue weighted by Crippen LogP contribution is 2.27. The second-order valence-electron chi connectivity index (χ2n) is 4.93. The molecule has 0 bridgehead atoms. The number of amides is 1. The molecule has 1 amide bonds. The zero-order chi connectivity index (χ0) is 17.5. The van der Waals surface area contributed by atoms with Crippen molar-refractivity contribution in [2.24, 2.45) is 0 Å². The minimum atomic E-state index is -0.317. The summed E-state index contributed by atoms with van der Waals surface area (Å²) in [5.41, 5.74) is 1.56. The quantitative estimate of drug-likeness (QED) is 0.816. The molecular formula is C18H21NO5. The van der Waals surface area contributed by atoms with Crippen LogP contribution in [-0.2, 0) is 6.61 Å². The van der Waals surface area contributed by atoms with Gasteiger partial charge in [0.05, 0.1) is 33.0 Å². The van der Waals surface area contributed by atoms with Gasteiger partial charge >= 0.3 is 0 Å². The first-order valence-electron chi connectivity index (χ1n) is 7.52. The number of hydrogen-bond acceptors (Lipinski definition) is 5. The maximum atomic E-state index is 12.5. The SMILES string of the molecule is CCOc1ccc(NC(=O)c2ccc(OC)cc2OC)cc1CO. The lowest BCUT2D eigenvalue weighted by atomic mass is 10.1. The molecule has 0 unspecified atom stereocenters. The van der Waals surface area contributed by atoms with Gasteiger partial charge in [-0.1, -0.05) is 0 Å². The summed E-state index contributed by atoms with van der Waals surface area (Å²) in [6.45, 7) is 2.19. The predicted molar refractivity (Wildman–Crippen MR) is 91.0 cm³/mol. The first-order valence-corrected chi connectivity index (χ1v) is 7.52. The molecule has 0 fully saturated rings. The van der Waals surface area contributed by atoms with Gasteiger partial charge in [-0.25, -0.2) is 0 Å². The van der Waals surface area contributed by atoms with Crippen LogP contribution in [0.2, 0.25) is 0 Å². The normalized spacial score (nSPS) is 10.2. The molecule has 0 aliphatic heterocycles. The molecule has 0 aromatic heterocycles. The lowest BCUT2D eigenvalue weighted by molar-refractivity contribution is 0.102. The van der Waals surface area contributed by atoms with Crippen molar-refractivity contribution in [2.45, 2.75) is 13.5 Å². The number of carbonyl (C=O) groups is 1. The summed E-state index contributed by atoms with van der Waals surface area (Å²) < 4.78 is 15.8. The van der Waals surface area contributed by atoms with Crippen molar-refractivity contribution >= 4 is 11.6 Å². The van der Waals surface area contributed by atoms with Crippen LogP contribution in [0.5, 0.6) is 17.2 Å². The Balaban J connectivity index is 2.23. The Kier molecular flexibility index (Phi) is 6.03. The zero-order valence-electron chi connectivity index (χ0n) is 14.0. The van der Waals surface area contributed by atoms with E-state index < -0.39 is 0 Å². The van der Waals surface area contributed by atoms with Crippen molar-refractivity contribution in [3.05, 3.63) is 47.5 Å². The van der Waals surface area contributed by atoms with Crippen LogP contribution in [-0.4, -0.2) is 31.8 Å². The van der Waals surface area contributed by atoms with Crippen molar-refractivity contribution in [3.8, 4) is 17.2 Å². The van der Waals surface area contributed by atoms with Crippen LogP contribution >= 0.6 is 0 Å². The first-order chi connectivity index (χ1) is 11.6. The van der Waals surface area contributed by atoms with Crippen LogP contribution in [0.15, 0.2) is 36.4 Å². The molecule has 0 saturated heterocycles. The Morgan fingerprint density at radius 1 is 1.08 bits per heavy atom. The molecule has 2 aromatic rings. The standard InChI is InChI=1S/C18H21NO5/c1-4-24-16-8-5-13(9-12(16)11-20)19-18(21)15-7-6-14(22-2)10-17(15)23-3/h5-10,20H,4,11H2,1-3H3,(H,19,21). The van der Waals surface area contributed by atoms with Crippen LogP contribution in [0, 0.1) is 0 Å². The van der Waals surface area contributed by atoms with E-state index in [1.165, 1.54) is 7.11 Å². The van der Waals surface area contributed by atoms with Gasteiger partial charge < -0.3 is 24.6 Å². The number of carbonyl (C=O) groups excluding carboxylic acids is 1. The maximum absolute atomic E-state index is 12.5. The van der Waals surface area contributed by atoms with Crippen LogP contribution in [0.3, 0.4) is 0 Å². The molecule has 0 aliphatic carbocycles. The molecule has 2 N–H and O–H groups in total. The Hall–Kier alpha value is -2.73. The molecule has 0 heterocycles. The molecule has 0 spiro atoms. The summed E-state index contributed by atoms with van der Waals surface area (Å²) in [6.07, 6.45) is 0. The topological polar surface area (TPSA) is 77.0 Å². The van der Waals surface area contributed by atoms with E-state index in [4.69, 9.17) is 14.2 Å². The number of aliphatic hydroxyl groups is 1. The highest BCUT2D eigenvalue weighted by Gasteiger charge is 2.14. The van der Waals surface area contributed by atoms with Gasteiger partial charge in [0.2, 0.25) is 0 Å². The predicted octanol–water partition coefficient (Wildman–Crippen LogP) is 2.85. The van der Waals surface area contributed by atoms with Crippen LogP contribution in [0.25, 0.3) is 0 Å². The second-order valence-corrected chi connectivity index (χ2v) is 4.93. The Morgan fingerprint density at radius 3 is 2.50 bits per heavy atom. The number of methoxy groups -OCH3 is 2. The molecular weight excluding hydrogens is 310 g/mol. The number of nitrogens with one attached hydrogen (secondary N) is 1. The minimum Gasteiger partial charge on any atom is -0.497 e. The third-order valence-corrected chi connectivity index (χ3v) is 3.44. The van der Waals surface area contributed by atoms with Crippen molar-refractivity contribution in [1.82, 2.24) is 0 Å². The first kappa shape index (κ1) is 17.6. The summed E-state index contributed by atoms with van der Waals surface area (Å²) >= 11 is 0. The number of anilines is 1. The largest absolute Gasteiger partial charge is 0.497 e. The molecule has 2 rings (SSSR count).